The second-order valence-electron chi connectivity index (χ2n) is 7.22. The molecule has 0 spiro atoms. The van der Waals surface area contributed by atoms with E-state index >= 15 is 0 Å². The van der Waals surface area contributed by atoms with Crippen molar-refractivity contribution >= 4 is 5.91 Å². The molecule has 2 aliphatic rings. The molecule has 1 aromatic carbocycles. The maximum Gasteiger partial charge on any atom is 0.236 e. The van der Waals surface area contributed by atoms with Crippen LogP contribution in [-0.2, 0) is 11.3 Å². The first kappa shape index (κ1) is 18.1. The van der Waals surface area contributed by atoms with Gasteiger partial charge in [-0.2, -0.15) is 0 Å². The summed E-state index contributed by atoms with van der Waals surface area (Å²) in [6.45, 7) is 5.85. The third kappa shape index (κ3) is 4.88. The molecule has 0 bridgehead atoms. The minimum absolute atomic E-state index is 0.0495. The highest BCUT2D eigenvalue weighted by Gasteiger charge is 2.24. The van der Waals surface area contributed by atoms with Crippen molar-refractivity contribution in [1.29, 1.82) is 0 Å². The minimum Gasteiger partial charge on any atom is -0.497 e. The highest BCUT2D eigenvalue weighted by molar-refractivity contribution is 5.78. The Labute approximate surface area is 150 Å². The third-order valence-electron chi connectivity index (χ3n) is 5.08. The van der Waals surface area contributed by atoms with Crippen molar-refractivity contribution in [3.8, 4) is 11.5 Å². The Bertz CT molecular complexity index is 582. The van der Waals surface area contributed by atoms with Crippen molar-refractivity contribution in [3.05, 3.63) is 23.8 Å². The molecule has 0 radical (unpaired) electrons. The monoisotopic (exact) mass is 346 g/mol. The fourth-order valence-corrected chi connectivity index (χ4v) is 3.73. The third-order valence-corrected chi connectivity index (χ3v) is 5.08. The molecule has 5 heteroatoms. The largest absolute Gasteiger partial charge is 0.497 e. The molecular weight excluding hydrogens is 316 g/mol. The lowest BCUT2D eigenvalue weighted by Crippen LogP contribution is -2.43. The quantitative estimate of drug-likeness (QED) is 0.843. The summed E-state index contributed by atoms with van der Waals surface area (Å²) in [6.07, 6.45) is 6.11. The zero-order valence-electron chi connectivity index (χ0n) is 15.5. The Kier molecular flexibility index (Phi) is 6.19. The van der Waals surface area contributed by atoms with Gasteiger partial charge in [-0.3, -0.25) is 9.69 Å². The zero-order valence-corrected chi connectivity index (χ0v) is 15.5. The molecule has 0 aliphatic carbocycles. The molecule has 1 aromatic rings. The van der Waals surface area contributed by atoms with E-state index in [1.54, 1.807) is 7.11 Å². The number of carbonyl (C=O) groups excluding carboxylic acids is 1. The molecule has 0 aromatic heterocycles. The molecule has 0 saturated carbocycles. The lowest BCUT2D eigenvalue weighted by atomic mass is 10.1. The highest BCUT2D eigenvalue weighted by atomic mass is 16.5. The van der Waals surface area contributed by atoms with Gasteiger partial charge in [-0.25, -0.2) is 0 Å². The van der Waals surface area contributed by atoms with Crippen LogP contribution in [-0.4, -0.2) is 55.1 Å². The Morgan fingerprint density at radius 2 is 1.92 bits per heavy atom. The second-order valence-corrected chi connectivity index (χ2v) is 7.22. The number of nitrogens with zero attached hydrogens (tertiary/aromatic N) is 2. The summed E-state index contributed by atoms with van der Waals surface area (Å²) < 4.78 is 11.3. The predicted molar refractivity (Wildman–Crippen MR) is 98.0 cm³/mol. The lowest BCUT2D eigenvalue weighted by Gasteiger charge is -2.28. The Morgan fingerprint density at radius 3 is 2.64 bits per heavy atom. The van der Waals surface area contributed by atoms with Crippen molar-refractivity contribution < 1.29 is 14.3 Å². The number of likely N-dealkylation sites (tertiary alicyclic amines) is 1. The minimum atomic E-state index is 0.0495. The number of rotatable bonds is 3. The number of hydrogen-bond acceptors (Lipinski definition) is 4. The molecule has 1 saturated heterocycles. The van der Waals surface area contributed by atoms with Gasteiger partial charge in [0.1, 0.15) is 17.6 Å². The van der Waals surface area contributed by atoms with Gasteiger partial charge in [0, 0.05) is 37.8 Å². The molecule has 25 heavy (non-hydrogen) atoms. The molecule has 0 unspecified atom stereocenters. The van der Waals surface area contributed by atoms with Crippen molar-refractivity contribution in [2.24, 2.45) is 0 Å². The maximum absolute atomic E-state index is 12.8. The first-order valence-corrected chi connectivity index (χ1v) is 9.49. The van der Waals surface area contributed by atoms with E-state index < -0.39 is 0 Å². The summed E-state index contributed by atoms with van der Waals surface area (Å²) >= 11 is 0. The number of fused-ring (bicyclic) bond motifs is 1. The van der Waals surface area contributed by atoms with Crippen LogP contribution in [0.15, 0.2) is 18.2 Å². The number of carbonyl (C=O) groups is 1. The van der Waals surface area contributed by atoms with Gasteiger partial charge in [0.05, 0.1) is 13.7 Å². The van der Waals surface area contributed by atoms with Crippen LogP contribution in [0.5, 0.6) is 11.5 Å². The smallest absolute Gasteiger partial charge is 0.236 e. The first-order chi connectivity index (χ1) is 12.2. The number of amides is 1. The Morgan fingerprint density at radius 1 is 1.20 bits per heavy atom. The molecule has 138 valence electrons. The molecule has 2 heterocycles. The molecule has 1 fully saturated rings. The lowest BCUT2D eigenvalue weighted by molar-refractivity contribution is -0.133. The molecule has 0 N–H and O–H groups in total. The Hall–Kier alpha value is -1.75. The van der Waals surface area contributed by atoms with Crippen LogP contribution in [0.4, 0.5) is 0 Å². The molecule has 5 nitrogen and oxygen atoms in total. The summed E-state index contributed by atoms with van der Waals surface area (Å²) in [6, 6.07) is 5.94. The normalized spacial score (nSPS) is 22.2. The summed E-state index contributed by atoms with van der Waals surface area (Å²) in [5, 5.41) is 0. The van der Waals surface area contributed by atoms with E-state index in [0.717, 1.165) is 56.1 Å². The van der Waals surface area contributed by atoms with Crippen LogP contribution in [0.1, 0.15) is 44.6 Å². The second kappa shape index (κ2) is 8.56. The van der Waals surface area contributed by atoms with Crippen LogP contribution < -0.4 is 9.47 Å². The zero-order chi connectivity index (χ0) is 17.6. The van der Waals surface area contributed by atoms with Crippen LogP contribution in [0, 0.1) is 0 Å². The maximum atomic E-state index is 12.8. The van der Waals surface area contributed by atoms with E-state index in [9.17, 15) is 4.79 Å². The summed E-state index contributed by atoms with van der Waals surface area (Å²) in [4.78, 5) is 17.1. The highest BCUT2D eigenvalue weighted by Crippen LogP contribution is 2.29. The number of hydrogen-bond donors (Lipinski definition) is 0. The summed E-state index contributed by atoms with van der Waals surface area (Å²) in [5.74, 6) is 1.93. The fourth-order valence-electron chi connectivity index (χ4n) is 3.73. The van der Waals surface area contributed by atoms with E-state index in [1.807, 2.05) is 18.2 Å². The number of methoxy groups -OCH3 is 1. The Balaban J connectivity index is 1.66. The molecule has 1 atom stereocenters. The average molecular weight is 346 g/mol. The average Bonchev–Trinajstić information content (AvgIpc) is 2.70. The van der Waals surface area contributed by atoms with Gasteiger partial charge in [0.25, 0.3) is 0 Å². The SMILES string of the molecule is COc1ccc2c(c1)O[C@@H](C)CN(CC(=O)N1CCCCCCC1)C2. The molecule has 2 aliphatic heterocycles. The van der Waals surface area contributed by atoms with E-state index in [0.29, 0.717) is 6.54 Å². The van der Waals surface area contributed by atoms with Gasteiger partial charge >= 0.3 is 0 Å². The standard InChI is InChI=1S/C20H30N2O3/c1-16-13-21(14-17-8-9-18(24-2)12-19(17)25-16)15-20(23)22-10-6-4-3-5-7-11-22/h8-9,12,16H,3-7,10-11,13-15H2,1-2H3/t16-/m0/s1. The van der Waals surface area contributed by atoms with Crippen molar-refractivity contribution in [3.63, 3.8) is 0 Å². The molecule has 1 amide bonds. The first-order valence-electron chi connectivity index (χ1n) is 9.49. The van der Waals surface area contributed by atoms with Crippen molar-refractivity contribution in [2.75, 3.05) is 33.3 Å². The van der Waals surface area contributed by atoms with E-state index in [2.05, 4.69) is 16.7 Å². The van der Waals surface area contributed by atoms with Crippen LogP contribution in [0.2, 0.25) is 0 Å². The van der Waals surface area contributed by atoms with Gasteiger partial charge in [-0.15, -0.1) is 0 Å². The van der Waals surface area contributed by atoms with E-state index in [4.69, 9.17) is 9.47 Å². The van der Waals surface area contributed by atoms with Gasteiger partial charge in [0.15, 0.2) is 0 Å². The van der Waals surface area contributed by atoms with Gasteiger partial charge in [-0.05, 0) is 25.8 Å². The fraction of sp³-hybridized carbons (Fsp3) is 0.650. The van der Waals surface area contributed by atoms with Gasteiger partial charge < -0.3 is 14.4 Å². The topological polar surface area (TPSA) is 42.0 Å². The van der Waals surface area contributed by atoms with E-state index in [1.165, 1.54) is 19.3 Å². The van der Waals surface area contributed by atoms with Crippen LogP contribution >= 0.6 is 0 Å². The van der Waals surface area contributed by atoms with Crippen molar-refractivity contribution in [1.82, 2.24) is 9.80 Å². The number of ether oxygens (including phenoxy) is 2. The summed E-state index contributed by atoms with van der Waals surface area (Å²) in [7, 11) is 1.66. The van der Waals surface area contributed by atoms with Crippen molar-refractivity contribution in [2.45, 2.75) is 51.7 Å². The van der Waals surface area contributed by atoms with Crippen LogP contribution in [0.25, 0.3) is 0 Å². The van der Waals surface area contributed by atoms with Crippen LogP contribution in [0.3, 0.4) is 0 Å². The summed E-state index contributed by atoms with van der Waals surface area (Å²) in [5.41, 5.74) is 1.12. The number of benzene rings is 1. The molecular formula is C20H30N2O3. The van der Waals surface area contributed by atoms with Gasteiger partial charge in [0.2, 0.25) is 5.91 Å². The van der Waals surface area contributed by atoms with E-state index in [-0.39, 0.29) is 12.0 Å². The molecule has 3 rings (SSSR count). The van der Waals surface area contributed by atoms with Gasteiger partial charge in [-0.1, -0.05) is 25.3 Å². The predicted octanol–water partition coefficient (Wildman–Crippen LogP) is 3.07.